The van der Waals surface area contributed by atoms with Gasteiger partial charge in [-0.25, -0.2) is 9.78 Å². The fraction of sp³-hybridized carbons (Fsp3) is 0.647. The van der Waals surface area contributed by atoms with Gasteiger partial charge in [0.2, 0.25) is 0 Å². The third kappa shape index (κ3) is 4.45. The van der Waals surface area contributed by atoms with Crippen LogP contribution in [-0.4, -0.2) is 23.6 Å². The Labute approximate surface area is 127 Å². The number of carbonyl (C=O) groups excluding carboxylic acids is 1. The summed E-state index contributed by atoms with van der Waals surface area (Å²) in [7, 11) is 0. The van der Waals surface area contributed by atoms with Gasteiger partial charge in [0.25, 0.3) is 0 Å². The van der Waals surface area contributed by atoms with Crippen LogP contribution in [0.25, 0.3) is 0 Å². The molecule has 4 heteroatoms. The van der Waals surface area contributed by atoms with Crippen LogP contribution in [0.1, 0.15) is 62.7 Å². The van der Waals surface area contributed by atoms with Gasteiger partial charge in [0.1, 0.15) is 11.4 Å². The number of anilines is 1. The van der Waals surface area contributed by atoms with Gasteiger partial charge >= 0.3 is 5.97 Å². The Morgan fingerprint density at radius 2 is 2.10 bits per heavy atom. The molecule has 0 atom stereocenters. The summed E-state index contributed by atoms with van der Waals surface area (Å²) in [5.74, 6) is 1.24. The number of nitrogens with one attached hydrogen (secondary N) is 1. The highest BCUT2D eigenvalue weighted by atomic mass is 16.5. The molecule has 0 aromatic carbocycles. The summed E-state index contributed by atoms with van der Waals surface area (Å²) in [5.41, 5.74) is 0.537. The Morgan fingerprint density at radius 1 is 1.33 bits per heavy atom. The van der Waals surface area contributed by atoms with Crippen molar-refractivity contribution in [3.05, 3.63) is 23.9 Å². The molecule has 0 amide bonds. The third-order valence-corrected chi connectivity index (χ3v) is 4.19. The van der Waals surface area contributed by atoms with Crippen LogP contribution in [0.2, 0.25) is 0 Å². The molecule has 4 nitrogen and oxygen atoms in total. The predicted octanol–water partition coefficient (Wildman–Crippen LogP) is 4.03. The molecule has 0 spiro atoms. The van der Waals surface area contributed by atoms with E-state index in [4.69, 9.17) is 4.74 Å². The topological polar surface area (TPSA) is 51.2 Å². The Bertz CT molecular complexity index is 454. The maximum atomic E-state index is 11.9. The van der Waals surface area contributed by atoms with E-state index in [1.165, 1.54) is 25.7 Å². The average Bonchev–Trinajstić information content (AvgIpc) is 2.50. The SMILES string of the molecule is CCCC1CCC(Nc2ncccc2C(=O)OCC)CC1. The van der Waals surface area contributed by atoms with E-state index in [2.05, 4.69) is 17.2 Å². The molecule has 1 aromatic rings. The molecule has 0 aliphatic heterocycles. The number of carbonyl (C=O) groups is 1. The second kappa shape index (κ2) is 8.01. The molecule has 1 N–H and O–H groups in total. The molecule has 116 valence electrons. The van der Waals surface area contributed by atoms with Crippen molar-refractivity contribution in [1.29, 1.82) is 0 Å². The lowest BCUT2D eigenvalue weighted by Crippen LogP contribution is -2.27. The Hall–Kier alpha value is -1.58. The van der Waals surface area contributed by atoms with Gasteiger partial charge < -0.3 is 10.1 Å². The first-order valence-corrected chi connectivity index (χ1v) is 8.13. The summed E-state index contributed by atoms with van der Waals surface area (Å²) < 4.78 is 5.09. The van der Waals surface area contributed by atoms with E-state index in [1.807, 2.05) is 6.92 Å². The first-order valence-electron chi connectivity index (χ1n) is 8.13. The molecule has 1 aliphatic rings. The highest BCUT2D eigenvalue weighted by Gasteiger charge is 2.22. The highest BCUT2D eigenvalue weighted by Crippen LogP contribution is 2.29. The number of pyridine rings is 1. The van der Waals surface area contributed by atoms with E-state index in [-0.39, 0.29) is 5.97 Å². The van der Waals surface area contributed by atoms with Crippen LogP contribution >= 0.6 is 0 Å². The minimum absolute atomic E-state index is 0.298. The van der Waals surface area contributed by atoms with Crippen molar-refractivity contribution in [1.82, 2.24) is 4.98 Å². The van der Waals surface area contributed by atoms with E-state index in [0.717, 1.165) is 18.8 Å². The number of aromatic nitrogens is 1. The van der Waals surface area contributed by atoms with Crippen molar-refractivity contribution < 1.29 is 9.53 Å². The summed E-state index contributed by atoms with van der Waals surface area (Å²) >= 11 is 0. The molecule has 2 rings (SSSR count). The Morgan fingerprint density at radius 3 is 2.76 bits per heavy atom. The highest BCUT2D eigenvalue weighted by molar-refractivity contribution is 5.94. The molecule has 0 saturated heterocycles. The van der Waals surface area contributed by atoms with E-state index in [0.29, 0.717) is 24.0 Å². The lowest BCUT2D eigenvalue weighted by molar-refractivity contribution is 0.0527. The molecule has 0 unspecified atom stereocenters. The normalized spacial score (nSPS) is 21.8. The number of hydrogen-bond donors (Lipinski definition) is 1. The lowest BCUT2D eigenvalue weighted by Gasteiger charge is -2.29. The van der Waals surface area contributed by atoms with Crippen LogP contribution in [0.3, 0.4) is 0 Å². The minimum atomic E-state index is -0.298. The van der Waals surface area contributed by atoms with Crippen LogP contribution in [-0.2, 0) is 4.74 Å². The van der Waals surface area contributed by atoms with E-state index >= 15 is 0 Å². The molecule has 1 heterocycles. The smallest absolute Gasteiger partial charge is 0.341 e. The van der Waals surface area contributed by atoms with Crippen LogP contribution in [0.15, 0.2) is 18.3 Å². The zero-order chi connectivity index (χ0) is 15.1. The zero-order valence-corrected chi connectivity index (χ0v) is 13.1. The predicted molar refractivity (Wildman–Crippen MR) is 84.5 cm³/mol. The molecule has 1 saturated carbocycles. The van der Waals surface area contributed by atoms with Gasteiger partial charge in [-0.05, 0) is 50.7 Å². The van der Waals surface area contributed by atoms with Crippen molar-refractivity contribution in [3.8, 4) is 0 Å². The Kier molecular flexibility index (Phi) is 6.03. The van der Waals surface area contributed by atoms with Crippen molar-refractivity contribution in [3.63, 3.8) is 0 Å². The fourth-order valence-corrected chi connectivity index (χ4v) is 3.09. The van der Waals surface area contributed by atoms with Gasteiger partial charge in [-0.3, -0.25) is 0 Å². The van der Waals surface area contributed by atoms with E-state index in [1.54, 1.807) is 18.3 Å². The second-order valence-corrected chi connectivity index (χ2v) is 5.77. The van der Waals surface area contributed by atoms with Gasteiger partial charge in [-0.2, -0.15) is 0 Å². The molecule has 1 aliphatic carbocycles. The van der Waals surface area contributed by atoms with Crippen LogP contribution in [0.5, 0.6) is 0 Å². The van der Waals surface area contributed by atoms with Gasteiger partial charge in [0, 0.05) is 12.2 Å². The molecule has 0 radical (unpaired) electrons. The number of nitrogens with zero attached hydrogens (tertiary/aromatic N) is 1. The molecule has 1 aromatic heterocycles. The Balaban J connectivity index is 1.96. The summed E-state index contributed by atoms with van der Waals surface area (Å²) in [4.78, 5) is 16.3. The molecular formula is C17H26N2O2. The monoisotopic (exact) mass is 290 g/mol. The molecule has 21 heavy (non-hydrogen) atoms. The standard InChI is InChI=1S/C17H26N2O2/c1-3-6-13-8-10-14(11-9-13)19-16-15(7-5-12-18-16)17(20)21-4-2/h5,7,12-14H,3-4,6,8-11H2,1-2H3,(H,18,19). The average molecular weight is 290 g/mol. The quantitative estimate of drug-likeness (QED) is 0.804. The van der Waals surface area contributed by atoms with Gasteiger partial charge in [0.05, 0.1) is 6.61 Å². The van der Waals surface area contributed by atoms with Crippen molar-refractivity contribution in [2.75, 3.05) is 11.9 Å². The number of ether oxygens (including phenoxy) is 1. The summed E-state index contributed by atoms with van der Waals surface area (Å²) in [5, 5.41) is 3.44. The van der Waals surface area contributed by atoms with Gasteiger partial charge in [-0.15, -0.1) is 0 Å². The fourth-order valence-electron chi connectivity index (χ4n) is 3.09. The first-order chi connectivity index (χ1) is 10.2. The van der Waals surface area contributed by atoms with Gasteiger partial charge in [-0.1, -0.05) is 19.8 Å². The maximum absolute atomic E-state index is 11.9. The summed E-state index contributed by atoms with van der Waals surface area (Å²) in [6.07, 6.45) is 9.18. The molecule has 1 fully saturated rings. The molecular weight excluding hydrogens is 264 g/mol. The number of esters is 1. The first kappa shape index (κ1) is 15.8. The largest absolute Gasteiger partial charge is 0.462 e. The lowest BCUT2D eigenvalue weighted by atomic mass is 9.83. The minimum Gasteiger partial charge on any atom is -0.462 e. The van der Waals surface area contributed by atoms with Crippen LogP contribution in [0.4, 0.5) is 5.82 Å². The second-order valence-electron chi connectivity index (χ2n) is 5.77. The van der Waals surface area contributed by atoms with E-state index in [9.17, 15) is 4.79 Å². The van der Waals surface area contributed by atoms with Crippen molar-refractivity contribution in [2.45, 2.75) is 58.4 Å². The van der Waals surface area contributed by atoms with E-state index < -0.39 is 0 Å². The summed E-state index contributed by atoms with van der Waals surface area (Å²) in [6, 6.07) is 3.97. The van der Waals surface area contributed by atoms with Gasteiger partial charge in [0.15, 0.2) is 0 Å². The number of rotatable bonds is 6. The van der Waals surface area contributed by atoms with Crippen LogP contribution in [0, 0.1) is 5.92 Å². The number of hydrogen-bond acceptors (Lipinski definition) is 4. The third-order valence-electron chi connectivity index (χ3n) is 4.19. The molecule has 0 bridgehead atoms. The van der Waals surface area contributed by atoms with Crippen LogP contribution < -0.4 is 5.32 Å². The van der Waals surface area contributed by atoms with Crippen molar-refractivity contribution >= 4 is 11.8 Å². The zero-order valence-electron chi connectivity index (χ0n) is 13.1. The summed E-state index contributed by atoms with van der Waals surface area (Å²) in [6.45, 7) is 4.45. The maximum Gasteiger partial charge on any atom is 0.341 e. The van der Waals surface area contributed by atoms with Crippen molar-refractivity contribution in [2.24, 2.45) is 5.92 Å².